The van der Waals surface area contributed by atoms with Gasteiger partial charge in [0.25, 0.3) is 5.91 Å². The zero-order chi connectivity index (χ0) is 26.6. The van der Waals surface area contributed by atoms with Crippen LogP contribution in [-0.4, -0.2) is 51.2 Å². The number of hydrogen-bond acceptors (Lipinski definition) is 7. The lowest BCUT2D eigenvalue weighted by atomic mass is 10.3. The van der Waals surface area contributed by atoms with Crippen LogP contribution in [0.15, 0.2) is 55.9 Å². The Morgan fingerprint density at radius 3 is 2.57 bits per heavy atom. The Balaban J connectivity index is 1.27. The van der Waals surface area contributed by atoms with Gasteiger partial charge in [0, 0.05) is 17.6 Å². The third kappa shape index (κ3) is 6.65. The molecule has 0 spiro atoms. The Labute approximate surface area is 223 Å². The summed E-state index contributed by atoms with van der Waals surface area (Å²) in [6, 6.07) is 11.3. The van der Waals surface area contributed by atoms with Crippen LogP contribution in [0.3, 0.4) is 0 Å². The molecule has 0 atom stereocenters. The second kappa shape index (κ2) is 11.3. The molecule has 2 aromatic carbocycles. The summed E-state index contributed by atoms with van der Waals surface area (Å²) in [5.74, 6) is -2.33. The number of ether oxygens (including phenoxy) is 1. The minimum absolute atomic E-state index is 0.0364. The van der Waals surface area contributed by atoms with E-state index in [1.54, 1.807) is 30.3 Å². The van der Waals surface area contributed by atoms with Gasteiger partial charge in [-0.2, -0.15) is 18.2 Å². The summed E-state index contributed by atoms with van der Waals surface area (Å²) in [5, 5.41) is 8.66. The first-order valence-corrected chi connectivity index (χ1v) is 12.2. The van der Waals surface area contributed by atoms with Gasteiger partial charge >= 0.3 is 18.0 Å². The SMILES string of the molecule is O=C(COc1ccc(Br)cc1Br)NCCNC(=O)c1nc(Cn2c(C(F)(F)F)nc3ccccc32)no1. The summed E-state index contributed by atoms with van der Waals surface area (Å²) >= 11 is 6.65. The second-order valence-corrected chi connectivity index (χ2v) is 9.26. The summed E-state index contributed by atoms with van der Waals surface area (Å²) in [4.78, 5) is 31.8. The molecule has 0 aliphatic carbocycles. The first-order chi connectivity index (χ1) is 17.6. The molecule has 0 saturated heterocycles. The highest BCUT2D eigenvalue weighted by atomic mass is 79.9. The first-order valence-electron chi connectivity index (χ1n) is 10.6. The fraction of sp³-hybridized carbons (Fsp3) is 0.227. The van der Waals surface area contributed by atoms with Crippen LogP contribution in [0.4, 0.5) is 13.2 Å². The molecule has 0 saturated carbocycles. The molecule has 0 fully saturated rings. The molecule has 0 aliphatic heterocycles. The molecule has 4 aromatic rings. The predicted octanol–water partition coefficient (Wildman–Crippen LogP) is 3.94. The summed E-state index contributed by atoms with van der Waals surface area (Å²) in [7, 11) is 0. The lowest BCUT2D eigenvalue weighted by molar-refractivity contribution is -0.146. The summed E-state index contributed by atoms with van der Waals surface area (Å²) in [6.45, 7) is -0.512. The first kappa shape index (κ1) is 26.6. The Kier molecular flexibility index (Phi) is 8.12. The van der Waals surface area contributed by atoms with Crippen LogP contribution in [-0.2, 0) is 17.5 Å². The van der Waals surface area contributed by atoms with Crippen molar-refractivity contribution in [2.45, 2.75) is 12.7 Å². The van der Waals surface area contributed by atoms with Crippen LogP contribution < -0.4 is 15.4 Å². The monoisotopic (exact) mass is 644 g/mol. The van der Waals surface area contributed by atoms with Crippen LogP contribution >= 0.6 is 31.9 Å². The smallest absolute Gasteiger partial charge is 0.449 e. The maximum Gasteiger partial charge on any atom is 0.449 e. The minimum Gasteiger partial charge on any atom is -0.483 e. The summed E-state index contributed by atoms with van der Waals surface area (Å²) in [6.07, 6.45) is -4.70. The van der Waals surface area contributed by atoms with Gasteiger partial charge in [0.15, 0.2) is 12.4 Å². The van der Waals surface area contributed by atoms with E-state index in [9.17, 15) is 22.8 Å². The van der Waals surface area contributed by atoms with Gasteiger partial charge in [-0.1, -0.05) is 33.2 Å². The van der Waals surface area contributed by atoms with E-state index in [0.29, 0.717) is 10.2 Å². The van der Waals surface area contributed by atoms with E-state index in [-0.39, 0.29) is 36.6 Å². The molecule has 4 rings (SSSR count). The van der Waals surface area contributed by atoms with Crippen LogP contribution in [0.1, 0.15) is 22.3 Å². The largest absolute Gasteiger partial charge is 0.483 e. The normalized spacial score (nSPS) is 11.5. The number of nitrogens with zero attached hydrogens (tertiary/aromatic N) is 4. The molecule has 2 amide bonds. The molecular weight excluding hydrogens is 629 g/mol. The minimum atomic E-state index is -4.70. The third-order valence-corrected chi connectivity index (χ3v) is 5.97. The average molecular weight is 646 g/mol. The number of carbonyl (C=O) groups excluding carboxylic acids is 2. The molecule has 2 aromatic heterocycles. The topological polar surface area (TPSA) is 124 Å². The number of benzene rings is 2. The number of para-hydroxylation sites is 2. The van der Waals surface area contributed by atoms with Crippen molar-refractivity contribution in [3.8, 4) is 5.75 Å². The third-order valence-electron chi connectivity index (χ3n) is 4.86. The highest BCUT2D eigenvalue weighted by Gasteiger charge is 2.38. The van der Waals surface area contributed by atoms with Crippen molar-refractivity contribution < 1.29 is 32.0 Å². The van der Waals surface area contributed by atoms with Gasteiger partial charge < -0.3 is 24.5 Å². The predicted molar refractivity (Wildman–Crippen MR) is 131 cm³/mol. The summed E-state index contributed by atoms with van der Waals surface area (Å²) in [5.41, 5.74) is 0.394. The van der Waals surface area contributed by atoms with E-state index < -0.39 is 36.3 Å². The standard InChI is InChI=1S/C22H17Br2F3N6O4/c23-12-5-6-16(13(24)9-12)36-11-18(34)28-7-8-29-19(35)20-31-17(32-37-20)10-33-15-4-2-1-3-14(15)30-21(33)22(25,26)27/h1-6,9H,7-8,10-11H2,(H,28,34)(H,29,35). The van der Waals surface area contributed by atoms with Crippen LogP contribution in [0.25, 0.3) is 11.0 Å². The van der Waals surface area contributed by atoms with Gasteiger partial charge in [-0.25, -0.2) is 4.98 Å². The maximum atomic E-state index is 13.5. The van der Waals surface area contributed by atoms with Crippen molar-refractivity contribution in [3.63, 3.8) is 0 Å². The number of nitrogens with one attached hydrogen (secondary N) is 2. The Morgan fingerprint density at radius 2 is 1.81 bits per heavy atom. The van der Waals surface area contributed by atoms with Crippen LogP contribution in [0.2, 0.25) is 0 Å². The highest BCUT2D eigenvalue weighted by Crippen LogP contribution is 2.32. The summed E-state index contributed by atoms with van der Waals surface area (Å²) < 4.78 is 53.2. The van der Waals surface area contributed by atoms with E-state index in [0.717, 1.165) is 9.04 Å². The van der Waals surface area contributed by atoms with Gasteiger partial charge in [0.1, 0.15) is 5.75 Å². The van der Waals surface area contributed by atoms with Crippen LogP contribution in [0.5, 0.6) is 5.75 Å². The molecular formula is C22H17Br2F3N6O4. The fourth-order valence-electron chi connectivity index (χ4n) is 3.24. The molecule has 2 N–H and O–H groups in total. The Bertz CT molecular complexity index is 1440. The molecule has 37 heavy (non-hydrogen) atoms. The van der Waals surface area contributed by atoms with Gasteiger partial charge in [0.05, 0.1) is 22.1 Å². The number of amides is 2. The number of hydrogen-bond donors (Lipinski definition) is 2. The van der Waals surface area contributed by atoms with Crippen molar-refractivity contribution in [1.29, 1.82) is 0 Å². The quantitative estimate of drug-likeness (QED) is 0.264. The van der Waals surface area contributed by atoms with E-state index in [4.69, 9.17) is 9.26 Å². The fourth-order valence-corrected chi connectivity index (χ4v) is 4.41. The van der Waals surface area contributed by atoms with E-state index in [2.05, 4.69) is 57.6 Å². The van der Waals surface area contributed by atoms with Gasteiger partial charge in [-0.05, 0) is 46.3 Å². The number of aromatic nitrogens is 4. The molecule has 0 radical (unpaired) electrons. The number of halogens is 5. The lowest BCUT2D eigenvalue weighted by Crippen LogP contribution is -2.36. The molecule has 0 aliphatic rings. The van der Waals surface area contributed by atoms with Crippen molar-refractivity contribution >= 4 is 54.7 Å². The van der Waals surface area contributed by atoms with E-state index >= 15 is 0 Å². The van der Waals surface area contributed by atoms with Crippen molar-refractivity contribution in [1.82, 2.24) is 30.3 Å². The lowest BCUT2D eigenvalue weighted by Gasteiger charge is -2.09. The number of fused-ring (bicyclic) bond motifs is 1. The molecule has 0 unspecified atom stereocenters. The zero-order valence-electron chi connectivity index (χ0n) is 18.7. The molecule has 2 heterocycles. The Morgan fingerprint density at radius 1 is 1.05 bits per heavy atom. The number of carbonyl (C=O) groups is 2. The van der Waals surface area contributed by atoms with Gasteiger partial charge in [0.2, 0.25) is 5.82 Å². The molecule has 10 nitrogen and oxygen atoms in total. The molecule has 15 heteroatoms. The second-order valence-electron chi connectivity index (χ2n) is 7.49. The van der Waals surface area contributed by atoms with Crippen molar-refractivity contribution in [3.05, 3.63) is 68.9 Å². The molecule has 0 bridgehead atoms. The van der Waals surface area contributed by atoms with Gasteiger partial charge in [-0.3, -0.25) is 9.59 Å². The van der Waals surface area contributed by atoms with Crippen molar-refractivity contribution in [2.75, 3.05) is 19.7 Å². The van der Waals surface area contributed by atoms with E-state index in [1.807, 2.05) is 0 Å². The van der Waals surface area contributed by atoms with Gasteiger partial charge in [-0.15, -0.1) is 0 Å². The maximum absolute atomic E-state index is 13.5. The van der Waals surface area contributed by atoms with E-state index in [1.165, 1.54) is 12.1 Å². The highest BCUT2D eigenvalue weighted by molar-refractivity contribution is 9.11. The number of rotatable bonds is 9. The number of alkyl halides is 3. The zero-order valence-corrected chi connectivity index (χ0v) is 21.9. The number of imidazole rings is 1. The molecule has 194 valence electrons. The van der Waals surface area contributed by atoms with Crippen LogP contribution in [0, 0.1) is 0 Å². The Hall–Kier alpha value is -3.46. The average Bonchev–Trinajstić information content (AvgIpc) is 3.47. The van der Waals surface area contributed by atoms with Crippen molar-refractivity contribution in [2.24, 2.45) is 0 Å².